The lowest BCUT2D eigenvalue weighted by molar-refractivity contribution is 0.485. The van der Waals surface area contributed by atoms with Gasteiger partial charge in [0.15, 0.2) is 0 Å². The highest BCUT2D eigenvalue weighted by molar-refractivity contribution is 7.78. The normalized spacial score (nSPS) is 8.82. The number of rotatable bonds is 2. The van der Waals surface area contributed by atoms with Crippen LogP contribution in [0.5, 0.6) is 0 Å². The van der Waals surface area contributed by atoms with E-state index in [1.165, 1.54) is 0 Å². The zero-order chi connectivity index (χ0) is 8.10. The molecule has 1 nitrogen and oxygen atoms in total. The van der Waals surface area contributed by atoms with E-state index >= 15 is 0 Å². The second kappa shape index (κ2) is 3.96. The summed E-state index contributed by atoms with van der Waals surface area (Å²) in [7, 11) is 0. The van der Waals surface area contributed by atoms with Gasteiger partial charge in [0.1, 0.15) is 6.67 Å². The van der Waals surface area contributed by atoms with Crippen LogP contribution < -0.4 is 0 Å². The van der Waals surface area contributed by atoms with Gasteiger partial charge in [-0.1, -0.05) is 12.1 Å². The topological polar surface area (TPSA) is 12.4 Å². The molecule has 1 rings (SSSR count). The molecule has 0 aromatic heterocycles. The molecule has 0 saturated carbocycles. The number of halogens is 1. The molecule has 0 N–H and O–H groups in total. The van der Waals surface area contributed by atoms with Gasteiger partial charge in [0, 0.05) is 0 Å². The summed E-state index contributed by atoms with van der Waals surface area (Å²) in [4.78, 5) is 3.72. The maximum absolute atomic E-state index is 12.0. The van der Waals surface area contributed by atoms with Crippen molar-refractivity contribution in [2.45, 2.75) is 6.67 Å². The van der Waals surface area contributed by atoms with E-state index < -0.39 is 6.67 Å². The lowest BCUT2D eigenvalue weighted by Crippen LogP contribution is -1.74. The van der Waals surface area contributed by atoms with Gasteiger partial charge in [-0.25, -0.2) is 4.39 Å². The average molecular weight is 167 g/mol. The molecule has 3 heteroatoms. The van der Waals surface area contributed by atoms with Gasteiger partial charge in [0.25, 0.3) is 0 Å². The number of hydrogen-bond donors (Lipinski definition) is 0. The highest BCUT2D eigenvalue weighted by atomic mass is 32.1. The highest BCUT2D eigenvalue weighted by Crippen LogP contribution is 2.12. The van der Waals surface area contributed by atoms with Gasteiger partial charge in [0.2, 0.25) is 0 Å². The van der Waals surface area contributed by atoms with Crippen LogP contribution >= 0.6 is 12.2 Å². The Bertz CT molecular complexity index is 275. The highest BCUT2D eigenvalue weighted by Gasteiger charge is 1.90. The van der Waals surface area contributed by atoms with Crippen molar-refractivity contribution in [3.63, 3.8) is 0 Å². The number of hydrogen-bond acceptors (Lipinski definition) is 2. The van der Waals surface area contributed by atoms with Crippen LogP contribution in [0.2, 0.25) is 0 Å². The first-order valence-electron chi connectivity index (χ1n) is 3.09. The lowest BCUT2D eigenvalue weighted by Gasteiger charge is -1.92. The molecule has 0 fully saturated rings. The van der Waals surface area contributed by atoms with Crippen LogP contribution in [0.15, 0.2) is 29.3 Å². The van der Waals surface area contributed by atoms with E-state index in [4.69, 9.17) is 0 Å². The second-order valence-electron chi connectivity index (χ2n) is 2.00. The van der Waals surface area contributed by atoms with Crippen molar-refractivity contribution < 1.29 is 4.39 Å². The Morgan fingerprint density at radius 1 is 1.36 bits per heavy atom. The average Bonchev–Trinajstić information content (AvgIpc) is 2.07. The predicted molar refractivity (Wildman–Crippen MR) is 45.9 cm³/mol. The molecule has 0 spiro atoms. The Morgan fingerprint density at radius 3 is 2.45 bits per heavy atom. The molecule has 0 aliphatic carbocycles. The van der Waals surface area contributed by atoms with Crippen LogP contribution in [0, 0.1) is 0 Å². The molecule has 0 atom stereocenters. The minimum atomic E-state index is -0.443. The van der Waals surface area contributed by atoms with Crippen molar-refractivity contribution in [1.29, 1.82) is 0 Å². The van der Waals surface area contributed by atoms with E-state index in [0.717, 1.165) is 0 Å². The van der Waals surface area contributed by atoms with Gasteiger partial charge >= 0.3 is 0 Å². The third-order valence-corrected chi connectivity index (χ3v) is 1.36. The molecule has 0 unspecified atom stereocenters. The fraction of sp³-hybridized carbons (Fsp3) is 0.125. The molecule has 0 radical (unpaired) electrons. The SMILES string of the molecule is FCc1ccc(N=C=S)cc1. The zero-order valence-corrected chi connectivity index (χ0v) is 6.57. The van der Waals surface area contributed by atoms with Gasteiger partial charge in [-0.3, -0.25) is 0 Å². The Hall–Kier alpha value is -1.05. The number of nitrogens with zero attached hydrogens (tertiary/aromatic N) is 1. The quantitative estimate of drug-likeness (QED) is 0.487. The lowest BCUT2D eigenvalue weighted by atomic mass is 10.2. The molecule has 1 aromatic rings. The maximum Gasteiger partial charge on any atom is 0.115 e. The van der Waals surface area contributed by atoms with Gasteiger partial charge in [0.05, 0.1) is 10.8 Å². The summed E-state index contributed by atoms with van der Waals surface area (Å²) in [5, 5.41) is 2.24. The fourth-order valence-corrected chi connectivity index (χ4v) is 0.818. The van der Waals surface area contributed by atoms with Gasteiger partial charge in [-0.15, -0.1) is 0 Å². The summed E-state index contributed by atoms with van der Waals surface area (Å²) >= 11 is 4.40. The number of thiocarbonyl (C=S) groups is 1. The first-order valence-corrected chi connectivity index (χ1v) is 3.50. The van der Waals surface area contributed by atoms with Gasteiger partial charge in [-0.05, 0) is 29.9 Å². The molecule has 0 aliphatic rings. The van der Waals surface area contributed by atoms with Crippen molar-refractivity contribution >= 4 is 23.1 Å². The zero-order valence-electron chi connectivity index (χ0n) is 5.75. The molecule has 56 valence electrons. The summed E-state index contributed by atoms with van der Waals surface area (Å²) in [6.07, 6.45) is 0. The summed E-state index contributed by atoms with van der Waals surface area (Å²) in [6, 6.07) is 6.75. The van der Waals surface area contributed by atoms with Crippen LogP contribution in [-0.4, -0.2) is 5.16 Å². The second-order valence-corrected chi connectivity index (χ2v) is 2.19. The summed E-state index contributed by atoms with van der Waals surface area (Å²) in [5.74, 6) is 0. The summed E-state index contributed by atoms with van der Waals surface area (Å²) in [5.41, 5.74) is 1.35. The third kappa shape index (κ3) is 2.22. The molecular weight excluding hydrogens is 161 g/mol. The number of alkyl halides is 1. The van der Waals surface area contributed by atoms with Crippen LogP contribution in [0.25, 0.3) is 0 Å². The molecule has 0 heterocycles. The maximum atomic E-state index is 12.0. The molecule has 0 bridgehead atoms. The van der Waals surface area contributed by atoms with E-state index in [9.17, 15) is 4.39 Å². The monoisotopic (exact) mass is 167 g/mol. The van der Waals surface area contributed by atoms with Crippen LogP contribution in [0.3, 0.4) is 0 Å². The Morgan fingerprint density at radius 2 is 2.00 bits per heavy atom. The molecular formula is C8H6FNS. The van der Waals surface area contributed by atoms with Gasteiger partial charge < -0.3 is 0 Å². The molecule has 0 aliphatic heterocycles. The summed E-state index contributed by atoms with van der Waals surface area (Å²) < 4.78 is 12.0. The minimum absolute atomic E-state index is 0.443. The molecule has 1 aromatic carbocycles. The first-order chi connectivity index (χ1) is 5.36. The Balaban J connectivity index is 2.91. The molecule has 0 saturated heterocycles. The van der Waals surface area contributed by atoms with Crippen molar-refractivity contribution in [3.8, 4) is 0 Å². The fourth-order valence-electron chi connectivity index (χ4n) is 0.712. The number of benzene rings is 1. The van der Waals surface area contributed by atoms with E-state index in [1.54, 1.807) is 24.3 Å². The largest absolute Gasteiger partial charge is 0.246 e. The number of isothiocyanates is 1. The van der Waals surface area contributed by atoms with Crippen LogP contribution in [0.4, 0.5) is 10.1 Å². The standard InChI is InChI=1S/C8H6FNS/c9-5-7-1-3-8(4-2-7)10-6-11/h1-4H,5H2. The van der Waals surface area contributed by atoms with Crippen LogP contribution in [0.1, 0.15) is 5.56 Å². The molecule has 0 amide bonds. The van der Waals surface area contributed by atoms with Crippen molar-refractivity contribution in [1.82, 2.24) is 0 Å². The van der Waals surface area contributed by atoms with Crippen molar-refractivity contribution in [2.75, 3.05) is 0 Å². The number of aliphatic imine (C=N–C) groups is 1. The van der Waals surface area contributed by atoms with Crippen LogP contribution in [-0.2, 0) is 6.67 Å². The predicted octanol–water partition coefficient (Wildman–Crippen LogP) is 2.89. The van der Waals surface area contributed by atoms with E-state index in [0.29, 0.717) is 11.3 Å². The smallest absolute Gasteiger partial charge is 0.115 e. The van der Waals surface area contributed by atoms with Gasteiger partial charge in [-0.2, -0.15) is 4.99 Å². The minimum Gasteiger partial charge on any atom is -0.246 e. The Labute approximate surface area is 69.6 Å². The Kier molecular flexibility index (Phi) is 2.90. The third-order valence-electron chi connectivity index (χ3n) is 1.27. The van der Waals surface area contributed by atoms with Crippen molar-refractivity contribution in [3.05, 3.63) is 29.8 Å². The van der Waals surface area contributed by atoms with E-state index in [1.807, 2.05) is 0 Å². The van der Waals surface area contributed by atoms with E-state index in [2.05, 4.69) is 22.4 Å². The van der Waals surface area contributed by atoms with E-state index in [-0.39, 0.29) is 0 Å². The summed E-state index contributed by atoms with van der Waals surface area (Å²) in [6.45, 7) is -0.443. The molecule has 11 heavy (non-hydrogen) atoms. The first kappa shape index (κ1) is 8.05. The van der Waals surface area contributed by atoms with Crippen molar-refractivity contribution in [2.24, 2.45) is 4.99 Å².